The summed E-state index contributed by atoms with van der Waals surface area (Å²) in [5.74, 6) is -4.22. The summed E-state index contributed by atoms with van der Waals surface area (Å²) >= 11 is 0. The summed E-state index contributed by atoms with van der Waals surface area (Å²) in [4.78, 5) is 10.7. The molecule has 100 valence electrons. The van der Waals surface area contributed by atoms with Crippen LogP contribution in [0.25, 0.3) is 0 Å². The zero-order valence-corrected chi connectivity index (χ0v) is 9.85. The molecule has 1 atom stereocenters. The van der Waals surface area contributed by atoms with E-state index in [1.165, 1.54) is 25.1 Å². The van der Waals surface area contributed by atoms with Gasteiger partial charge in [-0.15, -0.1) is 0 Å². The zero-order chi connectivity index (χ0) is 14.2. The molecule has 0 aliphatic rings. The van der Waals surface area contributed by atoms with Gasteiger partial charge in [-0.05, 0) is 25.1 Å². The van der Waals surface area contributed by atoms with Crippen LogP contribution >= 0.6 is 0 Å². The molecule has 1 aromatic heterocycles. The van der Waals surface area contributed by atoms with Gasteiger partial charge in [0.2, 0.25) is 5.76 Å². The van der Waals surface area contributed by atoms with E-state index in [0.29, 0.717) is 0 Å². The first-order valence-electron chi connectivity index (χ1n) is 5.34. The van der Waals surface area contributed by atoms with Crippen molar-refractivity contribution in [3.8, 4) is 0 Å². The average molecular weight is 268 g/mol. The predicted octanol–water partition coefficient (Wildman–Crippen LogP) is 2.51. The van der Waals surface area contributed by atoms with Gasteiger partial charge in [0.15, 0.2) is 11.6 Å². The van der Waals surface area contributed by atoms with E-state index in [4.69, 9.17) is 9.52 Å². The Morgan fingerprint density at radius 3 is 2.53 bits per heavy atom. The smallest absolute Gasteiger partial charge is 0.371 e. The lowest BCUT2D eigenvalue weighted by Gasteiger charge is -2.21. The van der Waals surface area contributed by atoms with Crippen molar-refractivity contribution in [2.24, 2.45) is 0 Å². The number of benzene rings is 1. The lowest BCUT2D eigenvalue weighted by atomic mass is 9.93. The van der Waals surface area contributed by atoms with E-state index in [1.807, 2.05) is 0 Å². The Hall–Kier alpha value is -2.21. The highest BCUT2D eigenvalue weighted by Crippen LogP contribution is 2.32. The zero-order valence-electron chi connectivity index (χ0n) is 9.85. The van der Waals surface area contributed by atoms with E-state index in [-0.39, 0.29) is 11.3 Å². The highest BCUT2D eigenvalue weighted by atomic mass is 19.2. The maximum Gasteiger partial charge on any atom is 0.371 e. The van der Waals surface area contributed by atoms with E-state index in [1.54, 1.807) is 0 Å². The van der Waals surface area contributed by atoms with Crippen molar-refractivity contribution in [3.05, 3.63) is 59.1 Å². The number of aromatic carboxylic acids is 1. The van der Waals surface area contributed by atoms with Crippen molar-refractivity contribution in [2.75, 3.05) is 0 Å². The molecular weight excluding hydrogens is 258 g/mol. The second kappa shape index (κ2) is 4.47. The molecule has 0 aliphatic carbocycles. The molecule has 1 heterocycles. The number of rotatable bonds is 3. The van der Waals surface area contributed by atoms with E-state index in [2.05, 4.69) is 0 Å². The van der Waals surface area contributed by atoms with Crippen LogP contribution in [-0.4, -0.2) is 16.2 Å². The Labute approximate surface area is 106 Å². The molecule has 6 heteroatoms. The lowest BCUT2D eigenvalue weighted by molar-refractivity contribution is 0.0588. The molecule has 0 bridgehead atoms. The Bertz CT molecular complexity index is 631. The fraction of sp³-hybridized carbons (Fsp3) is 0.154. The van der Waals surface area contributed by atoms with Gasteiger partial charge in [0.25, 0.3) is 0 Å². The Balaban J connectivity index is 2.51. The van der Waals surface area contributed by atoms with Crippen molar-refractivity contribution < 1.29 is 28.2 Å². The van der Waals surface area contributed by atoms with Gasteiger partial charge in [-0.3, -0.25) is 0 Å². The number of hydrogen-bond acceptors (Lipinski definition) is 3. The molecule has 2 N–H and O–H groups in total. The predicted molar refractivity (Wildman–Crippen MR) is 60.7 cm³/mol. The second-order valence-electron chi connectivity index (χ2n) is 4.14. The third kappa shape index (κ3) is 2.22. The third-order valence-corrected chi connectivity index (χ3v) is 2.77. The molecule has 0 radical (unpaired) electrons. The lowest BCUT2D eigenvalue weighted by Crippen LogP contribution is -2.24. The number of carboxylic acid groups (broad SMARTS) is 1. The standard InChI is InChI=1S/C13H10F2O4/c1-13(18,7-3-2-4-8(14)11(7)15)10-6-5-9(19-10)12(16)17/h2-6,18H,1H3,(H,16,17). The summed E-state index contributed by atoms with van der Waals surface area (Å²) < 4.78 is 31.7. The van der Waals surface area contributed by atoms with Crippen molar-refractivity contribution in [2.45, 2.75) is 12.5 Å². The maximum atomic E-state index is 13.7. The molecule has 4 nitrogen and oxygen atoms in total. The highest BCUT2D eigenvalue weighted by molar-refractivity contribution is 5.84. The van der Waals surface area contributed by atoms with Gasteiger partial charge in [-0.25, -0.2) is 13.6 Å². The number of hydrogen-bond donors (Lipinski definition) is 2. The van der Waals surface area contributed by atoms with Gasteiger partial charge < -0.3 is 14.6 Å². The van der Waals surface area contributed by atoms with Gasteiger partial charge in [-0.1, -0.05) is 12.1 Å². The first-order chi connectivity index (χ1) is 8.84. The van der Waals surface area contributed by atoms with Crippen LogP contribution in [0.15, 0.2) is 34.7 Å². The number of carboxylic acids is 1. The minimum Gasteiger partial charge on any atom is -0.475 e. The molecule has 2 rings (SSSR count). The minimum atomic E-state index is -1.97. The average Bonchev–Trinajstić information content (AvgIpc) is 2.82. The molecule has 0 aliphatic heterocycles. The molecule has 0 saturated heterocycles. The number of halogens is 2. The molecule has 0 amide bonds. The summed E-state index contributed by atoms with van der Waals surface area (Å²) in [7, 11) is 0. The Kier molecular flexibility index (Phi) is 3.11. The molecular formula is C13H10F2O4. The van der Waals surface area contributed by atoms with Crippen molar-refractivity contribution in [3.63, 3.8) is 0 Å². The number of carbonyl (C=O) groups is 1. The molecule has 0 fully saturated rings. The number of furan rings is 1. The molecule has 0 saturated carbocycles. The summed E-state index contributed by atoms with van der Waals surface area (Å²) in [6.07, 6.45) is 0. The van der Waals surface area contributed by atoms with Crippen LogP contribution in [0.4, 0.5) is 8.78 Å². The van der Waals surface area contributed by atoms with E-state index >= 15 is 0 Å². The molecule has 19 heavy (non-hydrogen) atoms. The summed E-state index contributed by atoms with van der Waals surface area (Å²) in [5, 5.41) is 19.0. The van der Waals surface area contributed by atoms with E-state index in [0.717, 1.165) is 12.1 Å². The van der Waals surface area contributed by atoms with Crippen molar-refractivity contribution in [1.29, 1.82) is 0 Å². The molecule has 2 aromatic rings. The van der Waals surface area contributed by atoms with Crippen LogP contribution in [0.3, 0.4) is 0 Å². The van der Waals surface area contributed by atoms with Crippen LogP contribution in [0.1, 0.15) is 28.8 Å². The van der Waals surface area contributed by atoms with Gasteiger partial charge in [0.1, 0.15) is 11.4 Å². The van der Waals surface area contributed by atoms with Crippen molar-refractivity contribution >= 4 is 5.97 Å². The molecule has 1 aromatic carbocycles. The van der Waals surface area contributed by atoms with Gasteiger partial charge in [0, 0.05) is 5.56 Å². The second-order valence-corrected chi connectivity index (χ2v) is 4.14. The fourth-order valence-electron chi connectivity index (χ4n) is 1.73. The van der Waals surface area contributed by atoms with E-state index in [9.17, 15) is 18.7 Å². The topological polar surface area (TPSA) is 70.7 Å². The fourth-order valence-corrected chi connectivity index (χ4v) is 1.73. The highest BCUT2D eigenvalue weighted by Gasteiger charge is 2.33. The SMILES string of the molecule is CC(O)(c1ccc(C(=O)O)o1)c1cccc(F)c1F. The quantitative estimate of drug-likeness (QED) is 0.897. The van der Waals surface area contributed by atoms with Crippen LogP contribution in [0.5, 0.6) is 0 Å². The van der Waals surface area contributed by atoms with Crippen LogP contribution in [0, 0.1) is 11.6 Å². The maximum absolute atomic E-state index is 13.7. The van der Waals surface area contributed by atoms with Gasteiger partial charge in [-0.2, -0.15) is 0 Å². The third-order valence-electron chi connectivity index (χ3n) is 2.77. The normalized spacial score (nSPS) is 14.1. The first kappa shape index (κ1) is 13.2. The van der Waals surface area contributed by atoms with Gasteiger partial charge in [0.05, 0.1) is 0 Å². The largest absolute Gasteiger partial charge is 0.475 e. The van der Waals surface area contributed by atoms with Gasteiger partial charge >= 0.3 is 5.97 Å². The summed E-state index contributed by atoms with van der Waals surface area (Å²) in [5.41, 5.74) is -2.31. The monoisotopic (exact) mass is 268 g/mol. The molecule has 1 unspecified atom stereocenters. The van der Waals surface area contributed by atoms with Crippen molar-refractivity contribution in [1.82, 2.24) is 0 Å². The van der Waals surface area contributed by atoms with E-state index < -0.39 is 29.0 Å². The summed E-state index contributed by atoms with van der Waals surface area (Å²) in [6, 6.07) is 5.68. The Morgan fingerprint density at radius 1 is 1.26 bits per heavy atom. The van der Waals surface area contributed by atoms with Crippen LogP contribution < -0.4 is 0 Å². The first-order valence-corrected chi connectivity index (χ1v) is 5.34. The molecule has 0 spiro atoms. The Morgan fingerprint density at radius 2 is 1.95 bits per heavy atom. The van der Waals surface area contributed by atoms with Crippen LogP contribution in [0.2, 0.25) is 0 Å². The summed E-state index contributed by atoms with van der Waals surface area (Å²) in [6.45, 7) is 1.19. The minimum absolute atomic E-state index is 0.186. The van der Waals surface area contributed by atoms with Crippen LogP contribution in [-0.2, 0) is 5.60 Å². The number of aliphatic hydroxyl groups is 1.